The predicted molar refractivity (Wildman–Crippen MR) is 113 cm³/mol. The number of benzene rings is 1. The molecule has 3 aromatic heterocycles. The number of epoxide rings is 1. The summed E-state index contributed by atoms with van der Waals surface area (Å²) < 4.78 is 16.0. The van der Waals surface area contributed by atoms with Crippen molar-refractivity contribution >= 4 is 16.6 Å². The molecule has 2 aliphatic heterocycles. The highest BCUT2D eigenvalue weighted by Crippen LogP contribution is 2.41. The van der Waals surface area contributed by atoms with Crippen LogP contribution in [0.5, 0.6) is 0 Å². The van der Waals surface area contributed by atoms with Crippen molar-refractivity contribution in [2.24, 2.45) is 0 Å². The molecule has 0 amide bonds. The van der Waals surface area contributed by atoms with Gasteiger partial charge in [-0.1, -0.05) is 18.2 Å². The van der Waals surface area contributed by atoms with E-state index in [4.69, 9.17) is 9.47 Å². The van der Waals surface area contributed by atoms with Gasteiger partial charge >= 0.3 is 0 Å². The Morgan fingerprint density at radius 2 is 2.13 bits per heavy atom. The first-order valence-corrected chi connectivity index (χ1v) is 10.7. The van der Waals surface area contributed by atoms with Gasteiger partial charge < -0.3 is 13.9 Å². The van der Waals surface area contributed by atoms with Crippen molar-refractivity contribution in [3.8, 4) is 0 Å². The number of nitrogens with one attached hydrogen (secondary N) is 1. The fourth-order valence-corrected chi connectivity index (χ4v) is 4.44. The van der Waals surface area contributed by atoms with Gasteiger partial charge in [-0.3, -0.25) is 5.32 Å². The molecule has 0 bridgehead atoms. The molecule has 0 radical (unpaired) electrons. The summed E-state index contributed by atoms with van der Waals surface area (Å²) in [6.45, 7) is 3.57. The van der Waals surface area contributed by atoms with E-state index in [1.165, 1.54) is 17.5 Å². The van der Waals surface area contributed by atoms with Crippen LogP contribution in [0.3, 0.4) is 0 Å². The monoisotopic (exact) mass is 403 g/mol. The number of rotatable bonds is 5. The summed E-state index contributed by atoms with van der Waals surface area (Å²) in [5.74, 6) is 0. The number of aryl methyl sites for hydroxylation is 1. The van der Waals surface area contributed by atoms with Gasteiger partial charge in [0.15, 0.2) is 6.23 Å². The lowest BCUT2D eigenvalue weighted by Gasteiger charge is -2.23. The van der Waals surface area contributed by atoms with Gasteiger partial charge in [0.1, 0.15) is 18.0 Å². The molecule has 0 aliphatic carbocycles. The molecule has 4 aromatic rings. The Hall–Kier alpha value is -2.74. The molecule has 2 saturated heterocycles. The topological polar surface area (TPSA) is 68.9 Å². The summed E-state index contributed by atoms with van der Waals surface area (Å²) in [4.78, 5) is 4.67. The van der Waals surface area contributed by atoms with Gasteiger partial charge in [0, 0.05) is 30.9 Å². The molecule has 0 saturated carbocycles. The second-order valence-corrected chi connectivity index (χ2v) is 8.25. The van der Waals surface area contributed by atoms with Crippen LogP contribution in [0.1, 0.15) is 48.4 Å². The van der Waals surface area contributed by atoms with Crippen molar-refractivity contribution in [3.05, 3.63) is 65.7 Å². The molecule has 2 fully saturated rings. The van der Waals surface area contributed by atoms with Gasteiger partial charge in [-0.2, -0.15) is 5.10 Å². The molecule has 5 heterocycles. The zero-order valence-corrected chi connectivity index (χ0v) is 17.0. The first-order chi connectivity index (χ1) is 14.8. The lowest BCUT2D eigenvalue weighted by molar-refractivity contribution is -0.0366. The Balaban J connectivity index is 1.17. The summed E-state index contributed by atoms with van der Waals surface area (Å²) in [5, 5.41) is 9.27. The lowest BCUT2D eigenvalue weighted by atomic mass is 10.1. The maximum atomic E-state index is 5.97. The van der Waals surface area contributed by atoms with E-state index in [9.17, 15) is 0 Å². The van der Waals surface area contributed by atoms with Crippen molar-refractivity contribution in [1.82, 2.24) is 24.5 Å². The fourth-order valence-electron chi connectivity index (χ4n) is 4.44. The summed E-state index contributed by atoms with van der Waals surface area (Å²) in [6.07, 6.45) is 9.53. The molecular weight excluding hydrogens is 378 g/mol. The zero-order valence-electron chi connectivity index (χ0n) is 17.0. The van der Waals surface area contributed by atoms with Crippen LogP contribution in [0.2, 0.25) is 0 Å². The minimum absolute atomic E-state index is 0.00331. The van der Waals surface area contributed by atoms with Crippen LogP contribution in [-0.2, 0) is 16.0 Å². The number of nitrogens with zero attached hydrogens (tertiary/aromatic N) is 4. The van der Waals surface area contributed by atoms with Crippen molar-refractivity contribution in [3.63, 3.8) is 0 Å². The highest BCUT2D eigenvalue weighted by Gasteiger charge is 2.41. The van der Waals surface area contributed by atoms with Crippen molar-refractivity contribution in [2.75, 3.05) is 6.61 Å². The molecule has 3 atom stereocenters. The quantitative estimate of drug-likeness (QED) is 0.512. The molecule has 6 rings (SSSR count). The van der Waals surface area contributed by atoms with Crippen LogP contribution >= 0.6 is 0 Å². The number of ether oxygens (including phenoxy) is 2. The van der Waals surface area contributed by atoms with E-state index in [1.54, 1.807) is 0 Å². The number of pyridine rings is 1. The first kappa shape index (κ1) is 18.1. The van der Waals surface area contributed by atoms with E-state index in [2.05, 4.69) is 63.4 Å². The van der Waals surface area contributed by atoms with Crippen molar-refractivity contribution in [2.45, 2.75) is 51.3 Å². The number of imidazole rings is 1. The largest absolute Gasteiger partial charge is 0.356 e. The Morgan fingerprint density at radius 1 is 1.17 bits per heavy atom. The molecule has 3 unspecified atom stereocenters. The standard InChI is InChI=1S/C23H25N5O2/c1-15-8-9-20-26-16(14-27(20)13-15)11-24-23-22(30-23)17-5-4-6-19-18(17)12-25-28(19)21-7-2-3-10-29-21/h4-6,8-9,12-14,21-24H,2-3,7,10-11H2,1H3. The van der Waals surface area contributed by atoms with Crippen LogP contribution in [0.4, 0.5) is 0 Å². The second-order valence-electron chi connectivity index (χ2n) is 8.25. The Labute approximate surface area is 174 Å². The van der Waals surface area contributed by atoms with E-state index >= 15 is 0 Å². The predicted octanol–water partition coefficient (Wildman–Crippen LogP) is 3.88. The van der Waals surface area contributed by atoms with Crippen LogP contribution in [-0.4, -0.2) is 32.0 Å². The third-order valence-corrected chi connectivity index (χ3v) is 6.03. The van der Waals surface area contributed by atoms with Crippen molar-refractivity contribution in [1.29, 1.82) is 0 Å². The molecule has 154 valence electrons. The van der Waals surface area contributed by atoms with Crippen LogP contribution < -0.4 is 5.32 Å². The number of hydrogen-bond donors (Lipinski definition) is 1. The van der Waals surface area contributed by atoms with Gasteiger partial charge in [-0.25, -0.2) is 9.67 Å². The molecule has 1 aromatic carbocycles. The molecular formula is C23H25N5O2. The van der Waals surface area contributed by atoms with Gasteiger partial charge in [0.05, 0.1) is 17.4 Å². The lowest BCUT2D eigenvalue weighted by Crippen LogP contribution is -2.19. The van der Waals surface area contributed by atoms with Crippen LogP contribution in [0, 0.1) is 6.92 Å². The smallest absolute Gasteiger partial charge is 0.150 e. The molecule has 0 spiro atoms. The van der Waals surface area contributed by atoms with Crippen LogP contribution in [0.25, 0.3) is 16.6 Å². The molecule has 30 heavy (non-hydrogen) atoms. The molecule has 7 nitrogen and oxygen atoms in total. The second kappa shape index (κ2) is 7.19. The highest BCUT2D eigenvalue weighted by atomic mass is 16.6. The summed E-state index contributed by atoms with van der Waals surface area (Å²) in [6, 6.07) is 10.5. The molecule has 2 aliphatic rings. The number of fused-ring (bicyclic) bond motifs is 2. The third kappa shape index (κ3) is 3.19. The maximum absolute atomic E-state index is 5.97. The fraction of sp³-hybridized carbons (Fsp3) is 0.391. The maximum Gasteiger partial charge on any atom is 0.150 e. The van der Waals surface area contributed by atoms with Crippen LogP contribution in [0.15, 0.2) is 48.9 Å². The van der Waals surface area contributed by atoms with E-state index in [-0.39, 0.29) is 18.6 Å². The number of aromatic nitrogens is 4. The third-order valence-electron chi connectivity index (χ3n) is 6.03. The molecule has 1 N–H and O–H groups in total. The summed E-state index contributed by atoms with van der Waals surface area (Å²) in [7, 11) is 0. The van der Waals surface area contributed by atoms with Gasteiger partial charge in [0.2, 0.25) is 0 Å². The average molecular weight is 403 g/mol. The Morgan fingerprint density at radius 3 is 3.03 bits per heavy atom. The highest BCUT2D eigenvalue weighted by molar-refractivity contribution is 5.83. The van der Waals surface area contributed by atoms with E-state index < -0.39 is 0 Å². The minimum atomic E-state index is -0.00331. The Kier molecular flexibility index (Phi) is 4.33. The minimum Gasteiger partial charge on any atom is -0.356 e. The van der Waals surface area contributed by atoms with E-state index in [0.717, 1.165) is 41.7 Å². The number of hydrogen-bond acceptors (Lipinski definition) is 5. The zero-order chi connectivity index (χ0) is 20.1. The average Bonchev–Trinajstić information content (AvgIpc) is 3.22. The Bertz CT molecular complexity index is 1210. The van der Waals surface area contributed by atoms with Gasteiger partial charge in [-0.15, -0.1) is 0 Å². The van der Waals surface area contributed by atoms with Gasteiger partial charge in [0.25, 0.3) is 0 Å². The normalized spacial score (nSPS) is 24.0. The first-order valence-electron chi connectivity index (χ1n) is 10.7. The van der Waals surface area contributed by atoms with E-state index in [1.807, 2.05) is 16.9 Å². The van der Waals surface area contributed by atoms with Gasteiger partial charge in [-0.05, 0) is 49.4 Å². The van der Waals surface area contributed by atoms with E-state index in [0.29, 0.717) is 6.54 Å². The molecule has 7 heteroatoms. The SMILES string of the molecule is Cc1ccc2nc(CNC3OC3c3cccc4c3cnn4C3CCCCO3)cn2c1. The summed E-state index contributed by atoms with van der Waals surface area (Å²) in [5.41, 5.74) is 5.49. The van der Waals surface area contributed by atoms with Crippen molar-refractivity contribution < 1.29 is 9.47 Å². The summed E-state index contributed by atoms with van der Waals surface area (Å²) >= 11 is 0.